The summed E-state index contributed by atoms with van der Waals surface area (Å²) >= 11 is 0. The number of aliphatic carboxylic acids is 1. The van der Waals surface area contributed by atoms with Gasteiger partial charge in [0.2, 0.25) is 0 Å². The second-order valence-corrected chi connectivity index (χ2v) is 5.85. The molecule has 0 atom stereocenters. The number of carbonyl (C=O) groups excluding carboxylic acids is 1. The number of aromatic amines is 1. The number of rotatable bonds is 4. The van der Waals surface area contributed by atoms with Crippen molar-refractivity contribution in [2.75, 3.05) is 18.4 Å². The van der Waals surface area contributed by atoms with Gasteiger partial charge >= 0.3 is 5.97 Å². The summed E-state index contributed by atoms with van der Waals surface area (Å²) in [4.78, 5) is 32.0. The van der Waals surface area contributed by atoms with Crippen LogP contribution in [-0.4, -0.2) is 44.9 Å². The average molecular weight is 339 g/mol. The molecule has 1 aliphatic rings. The van der Waals surface area contributed by atoms with Crippen molar-refractivity contribution in [2.45, 2.75) is 12.8 Å². The predicted octanol–water partition coefficient (Wildman–Crippen LogP) is 1.71. The highest BCUT2D eigenvalue weighted by atomic mass is 16.4. The number of hydrogen-bond donors (Lipinski definition) is 3. The molecule has 8 heteroatoms. The van der Waals surface area contributed by atoms with Gasteiger partial charge in [-0.25, -0.2) is 4.98 Å². The second kappa shape index (κ2) is 7.05. The summed E-state index contributed by atoms with van der Waals surface area (Å²) in [5.41, 5.74) is 2.38. The van der Waals surface area contributed by atoms with Crippen LogP contribution >= 0.6 is 0 Å². The molecule has 2 heterocycles. The summed E-state index contributed by atoms with van der Waals surface area (Å²) in [5, 5.41) is 21.2. The molecule has 1 aliphatic heterocycles. The first-order valence-corrected chi connectivity index (χ1v) is 7.90. The zero-order valence-corrected chi connectivity index (χ0v) is 13.4. The topological polar surface area (TPSA) is 122 Å². The molecule has 1 amide bonds. The van der Waals surface area contributed by atoms with E-state index >= 15 is 0 Å². The number of piperidine rings is 1. The van der Waals surface area contributed by atoms with Crippen LogP contribution in [0.4, 0.5) is 5.69 Å². The number of nitrogens with one attached hydrogen (secondary N) is 2. The van der Waals surface area contributed by atoms with Crippen LogP contribution in [0.25, 0.3) is 11.0 Å². The van der Waals surface area contributed by atoms with E-state index < -0.39 is 11.9 Å². The number of benzene rings is 1. The van der Waals surface area contributed by atoms with Gasteiger partial charge in [0, 0.05) is 25.0 Å². The Balaban J connectivity index is 1.66. The van der Waals surface area contributed by atoms with Crippen LogP contribution < -0.4 is 5.32 Å². The Hall–Kier alpha value is -3.34. The van der Waals surface area contributed by atoms with Gasteiger partial charge in [-0.2, -0.15) is 5.26 Å². The van der Waals surface area contributed by atoms with Crippen LogP contribution in [0.2, 0.25) is 0 Å². The van der Waals surface area contributed by atoms with Crippen LogP contribution in [0.5, 0.6) is 0 Å². The van der Waals surface area contributed by atoms with E-state index in [1.54, 1.807) is 12.4 Å². The van der Waals surface area contributed by atoms with Gasteiger partial charge in [0.1, 0.15) is 11.6 Å². The predicted molar refractivity (Wildman–Crippen MR) is 90.4 cm³/mol. The Bertz CT molecular complexity index is 872. The molecule has 1 aromatic carbocycles. The molecule has 25 heavy (non-hydrogen) atoms. The van der Waals surface area contributed by atoms with Crippen molar-refractivity contribution in [3.05, 3.63) is 36.3 Å². The number of carboxylic acids is 1. The van der Waals surface area contributed by atoms with Crippen molar-refractivity contribution >= 4 is 28.6 Å². The first-order chi connectivity index (χ1) is 12.1. The first kappa shape index (κ1) is 16.5. The Kier molecular flexibility index (Phi) is 4.66. The van der Waals surface area contributed by atoms with Gasteiger partial charge in [0.25, 0.3) is 5.91 Å². The Morgan fingerprint density at radius 2 is 2.16 bits per heavy atom. The third kappa shape index (κ3) is 3.61. The van der Waals surface area contributed by atoms with E-state index in [9.17, 15) is 14.9 Å². The third-order valence-corrected chi connectivity index (χ3v) is 4.29. The molecule has 8 nitrogen and oxygen atoms in total. The number of carboxylic acid groups (broad SMARTS) is 1. The largest absolute Gasteiger partial charge is 0.481 e. The van der Waals surface area contributed by atoms with Gasteiger partial charge in [0.05, 0.1) is 23.3 Å². The molecule has 128 valence electrons. The van der Waals surface area contributed by atoms with Gasteiger partial charge in [-0.3, -0.25) is 9.59 Å². The van der Waals surface area contributed by atoms with Crippen LogP contribution in [0.3, 0.4) is 0 Å². The summed E-state index contributed by atoms with van der Waals surface area (Å²) < 4.78 is 0. The lowest BCUT2D eigenvalue weighted by molar-refractivity contribution is -0.145. The van der Waals surface area contributed by atoms with Crippen molar-refractivity contribution in [1.29, 1.82) is 5.26 Å². The van der Waals surface area contributed by atoms with Gasteiger partial charge in [-0.15, -0.1) is 0 Å². The van der Waals surface area contributed by atoms with Crippen LogP contribution in [0, 0.1) is 17.2 Å². The lowest BCUT2D eigenvalue weighted by atomic mass is 9.97. The van der Waals surface area contributed by atoms with Crippen molar-refractivity contribution in [2.24, 2.45) is 5.92 Å². The van der Waals surface area contributed by atoms with E-state index in [4.69, 9.17) is 5.11 Å². The SMILES string of the molecule is N#C/C(=C/Nc1ccc2nc[nH]c2c1)C(=O)N1CCC(C(=O)O)CC1. The van der Waals surface area contributed by atoms with Gasteiger partial charge < -0.3 is 20.3 Å². The fraction of sp³-hybridized carbons (Fsp3) is 0.294. The first-order valence-electron chi connectivity index (χ1n) is 7.90. The number of anilines is 1. The number of H-pyrrole nitrogens is 1. The minimum Gasteiger partial charge on any atom is -0.481 e. The maximum atomic E-state index is 12.4. The van der Waals surface area contributed by atoms with Crippen molar-refractivity contribution in [1.82, 2.24) is 14.9 Å². The number of hydrogen-bond acceptors (Lipinski definition) is 5. The average Bonchev–Trinajstić information content (AvgIpc) is 3.10. The number of aromatic nitrogens is 2. The third-order valence-electron chi connectivity index (χ3n) is 4.29. The van der Waals surface area contributed by atoms with E-state index in [0.29, 0.717) is 25.9 Å². The Labute approximate surface area is 143 Å². The second-order valence-electron chi connectivity index (χ2n) is 5.85. The normalized spacial score (nSPS) is 15.8. The fourth-order valence-electron chi connectivity index (χ4n) is 2.82. The highest BCUT2D eigenvalue weighted by Crippen LogP contribution is 2.19. The summed E-state index contributed by atoms with van der Waals surface area (Å²) in [6.07, 6.45) is 3.78. The maximum Gasteiger partial charge on any atom is 0.306 e. The highest BCUT2D eigenvalue weighted by Gasteiger charge is 2.28. The molecule has 0 bridgehead atoms. The molecular weight excluding hydrogens is 322 g/mol. The number of fused-ring (bicyclic) bond motifs is 1. The molecule has 1 aromatic heterocycles. The van der Waals surface area contributed by atoms with Gasteiger partial charge in [-0.05, 0) is 31.0 Å². The number of nitrogens with zero attached hydrogens (tertiary/aromatic N) is 3. The minimum absolute atomic E-state index is 0.0153. The smallest absolute Gasteiger partial charge is 0.306 e. The quantitative estimate of drug-likeness (QED) is 0.576. The monoisotopic (exact) mass is 339 g/mol. The molecule has 0 spiro atoms. The molecule has 0 aliphatic carbocycles. The van der Waals surface area contributed by atoms with Gasteiger partial charge in [0.15, 0.2) is 0 Å². The summed E-state index contributed by atoms with van der Waals surface area (Å²) in [6.45, 7) is 0.684. The molecule has 0 unspecified atom stereocenters. The van der Waals surface area contributed by atoms with E-state index in [1.165, 1.54) is 11.1 Å². The number of nitriles is 1. The zero-order valence-electron chi connectivity index (χ0n) is 13.4. The number of amides is 1. The van der Waals surface area contributed by atoms with Crippen molar-refractivity contribution < 1.29 is 14.7 Å². The van der Waals surface area contributed by atoms with Crippen molar-refractivity contribution in [3.63, 3.8) is 0 Å². The fourth-order valence-corrected chi connectivity index (χ4v) is 2.82. The Morgan fingerprint density at radius 3 is 2.84 bits per heavy atom. The highest BCUT2D eigenvalue weighted by molar-refractivity contribution is 5.97. The van der Waals surface area contributed by atoms with Crippen LogP contribution in [-0.2, 0) is 9.59 Å². The minimum atomic E-state index is -0.834. The number of carbonyl (C=O) groups is 2. The molecule has 3 N–H and O–H groups in total. The van der Waals surface area contributed by atoms with Crippen LogP contribution in [0.1, 0.15) is 12.8 Å². The molecular formula is C17H17N5O3. The summed E-state index contributed by atoms with van der Waals surface area (Å²) in [5.74, 6) is -1.64. The summed E-state index contributed by atoms with van der Waals surface area (Å²) in [6, 6.07) is 7.37. The van der Waals surface area contributed by atoms with E-state index in [2.05, 4.69) is 15.3 Å². The number of imidazole rings is 1. The maximum absolute atomic E-state index is 12.4. The lowest BCUT2D eigenvalue weighted by Gasteiger charge is -2.29. The zero-order chi connectivity index (χ0) is 17.8. The van der Waals surface area contributed by atoms with E-state index in [0.717, 1.165) is 16.7 Å². The van der Waals surface area contributed by atoms with Crippen molar-refractivity contribution in [3.8, 4) is 6.07 Å². The lowest BCUT2D eigenvalue weighted by Crippen LogP contribution is -2.40. The van der Waals surface area contributed by atoms with Gasteiger partial charge in [-0.1, -0.05) is 0 Å². The standard InChI is InChI=1S/C17H17N5O3/c18-8-12(16(23)22-5-3-11(4-6-22)17(24)25)9-19-13-1-2-14-15(7-13)21-10-20-14/h1-2,7,9-11,19H,3-6H2,(H,20,21)(H,24,25)/b12-9-. The van der Waals surface area contributed by atoms with E-state index in [-0.39, 0.29) is 11.5 Å². The molecule has 1 fully saturated rings. The molecule has 0 radical (unpaired) electrons. The molecule has 2 aromatic rings. The van der Waals surface area contributed by atoms with Crippen LogP contribution in [0.15, 0.2) is 36.3 Å². The number of likely N-dealkylation sites (tertiary alicyclic amines) is 1. The molecule has 0 saturated carbocycles. The Morgan fingerprint density at radius 1 is 1.40 bits per heavy atom. The summed E-state index contributed by atoms with van der Waals surface area (Å²) in [7, 11) is 0. The van der Waals surface area contributed by atoms with E-state index in [1.807, 2.05) is 18.2 Å². The molecule has 3 rings (SSSR count). The molecule has 1 saturated heterocycles.